The lowest BCUT2D eigenvalue weighted by Gasteiger charge is -2.10. The fourth-order valence-corrected chi connectivity index (χ4v) is 3.64. The van der Waals surface area contributed by atoms with Crippen LogP contribution in [0.15, 0.2) is 69.2 Å². The van der Waals surface area contributed by atoms with Gasteiger partial charge in [-0.25, -0.2) is 13.2 Å². The number of nitrogens with one attached hydrogen (secondary N) is 5. The van der Waals surface area contributed by atoms with E-state index in [4.69, 9.17) is 0 Å². The quantitative estimate of drug-likeness (QED) is 0.354. The third-order valence-electron chi connectivity index (χ3n) is 4.15. The molecule has 2 amide bonds. The van der Waals surface area contributed by atoms with Gasteiger partial charge in [-0.2, -0.15) is 0 Å². The van der Waals surface area contributed by atoms with Crippen LogP contribution < -0.4 is 26.8 Å². The Morgan fingerprint density at radius 1 is 0.903 bits per heavy atom. The van der Waals surface area contributed by atoms with Gasteiger partial charge >= 0.3 is 5.69 Å². The van der Waals surface area contributed by atoms with Crippen LogP contribution in [0.3, 0.4) is 0 Å². The van der Waals surface area contributed by atoms with Gasteiger partial charge < -0.3 is 4.98 Å². The molecule has 0 saturated heterocycles. The van der Waals surface area contributed by atoms with Crippen molar-refractivity contribution in [1.29, 1.82) is 0 Å². The van der Waals surface area contributed by atoms with Crippen molar-refractivity contribution in [2.45, 2.75) is 11.8 Å². The Hall–Kier alpha value is -4.19. The summed E-state index contributed by atoms with van der Waals surface area (Å²) in [7, 11) is -4.27. The monoisotopic (exact) mass is 443 g/mol. The van der Waals surface area contributed by atoms with E-state index in [0.717, 1.165) is 11.8 Å². The summed E-state index contributed by atoms with van der Waals surface area (Å²) in [6, 6.07) is 12.1. The number of aromatic amines is 2. The standard InChI is InChI=1S/C19H17N5O6S/c1-11-4-2-3-5-14(11)17(26)23-22-16(25)12-6-8-13(9-7-12)24-31(29,30)15-10-20-19(28)21-18(15)27/h2-10,24H,1H3,(H,22,25)(H,23,26)(H2,20,21,27,28). The van der Waals surface area contributed by atoms with E-state index in [1.54, 1.807) is 31.2 Å². The number of aromatic nitrogens is 2. The van der Waals surface area contributed by atoms with Crippen LogP contribution in [-0.2, 0) is 10.0 Å². The highest BCUT2D eigenvalue weighted by Gasteiger charge is 2.19. The predicted octanol–water partition coefficient (Wildman–Crippen LogP) is 0.247. The molecule has 0 bridgehead atoms. The summed E-state index contributed by atoms with van der Waals surface area (Å²) in [5.41, 5.74) is 4.04. The number of hydrogen-bond donors (Lipinski definition) is 5. The Labute approximate surface area is 175 Å². The van der Waals surface area contributed by atoms with Crippen molar-refractivity contribution in [2.24, 2.45) is 0 Å². The summed E-state index contributed by atoms with van der Waals surface area (Å²) < 4.78 is 26.8. The molecule has 12 heteroatoms. The maximum Gasteiger partial charge on any atom is 0.325 e. The number of carbonyl (C=O) groups is 2. The van der Waals surface area contributed by atoms with Gasteiger partial charge in [-0.1, -0.05) is 18.2 Å². The third-order valence-corrected chi connectivity index (χ3v) is 5.54. The van der Waals surface area contributed by atoms with Crippen LogP contribution in [0.2, 0.25) is 0 Å². The molecule has 3 aromatic rings. The predicted molar refractivity (Wildman–Crippen MR) is 111 cm³/mol. The third kappa shape index (κ3) is 5.05. The van der Waals surface area contributed by atoms with E-state index in [1.807, 2.05) is 4.98 Å². The lowest BCUT2D eigenvalue weighted by Crippen LogP contribution is -2.41. The number of H-pyrrole nitrogens is 2. The van der Waals surface area contributed by atoms with Gasteiger partial charge in [-0.3, -0.25) is 34.9 Å². The van der Waals surface area contributed by atoms with Gasteiger partial charge in [0.1, 0.15) is 0 Å². The zero-order valence-electron chi connectivity index (χ0n) is 16.1. The number of hydrogen-bond acceptors (Lipinski definition) is 6. The van der Waals surface area contributed by atoms with E-state index < -0.39 is 38.0 Å². The molecule has 0 aliphatic rings. The van der Waals surface area contributed by atoms with E-state index >= 15 is 0 Å². The summed E-state index contributed by atoms with van der Waals surface area (Å²) in [6.07, 6.45) is 0.780. The van der Waals surface area contributed by atoms with Crippen molar-refractivity contribution in [1.82, 2.24) is 20.8 Å². The number of sulfonamides is 1. The second kappa shape index (κ2) is 8.67. The van der Waals surface area contributed by atoms with Crippen molar-refractivity contribution in [2.75, 3.05) is 4.72 Å². The molecule has 1 aromatic heterocycles. The number of carbonyl (C=O) groups excluding carboxylic acids is 2. The topological polar surface area (TPSA) is 170 Å². The van der Waals surface area contributed by atoms with Crippen LogP contribution in [0, 0.1) is 6.92 Å². The van der Waals surface area contributed by atoms with E-state index in [2.05, 4.69) is 20.6 Å². The second-order valence-electron chi connectivity index (χ2n) is 6.34. The van der Waals surface area contributed by atoms with Crippen LogP contribution in [0.4, 0.5) is 5.69 Å². The first kappa shape index (κ1) is 21.5. The molecule has 3 rings (SSSR count). The molecule has 0 saturated carbocycles. The molecule has 0 radical (unpaired) electrons. The number of amides is 2. The molecule has 0 aliphatic heterocycles. The highest BCUT2D eigenvalue weighted by atomic mass is 32.2. The molecule has 2 aromatic carbocycles. The fourth-order valence-electron chi connectivity index (χ4n) is 2.58. The molecule has 0 atom stereocenters. The molecule has 5 N–H and O–H groups in total. The summed E-state index contributed by atoms with van der Waals surface area (Å²) in [4.78, 5) is 50.3. The van der Waals surface area contributed by atoms with Gasteiger partial charge in [-0.05, 0) is 42.8 Å². The average molecular weight is 443 g/mol. The van der Waals surface area contributed by atoms with Crippen LogP contribution >= 0.6 is 0 Å². The summed E-state index contributed by atoms with van der Waals surface area (Å²) in [5.74, 6) is -1.10. The normalized spacial score (nSPS) is 10.9. The molecule has 31 heavy (non-hydrogen) atoms. The smallest absolute Gasteiger partial charge is 0.313 e. The van der Waals surface area contributed by atoms with Crippen LogP contribution in [0.1, 0.15) is 26.3 Å². The van der Waals surface area contributed by atoms with Crippen molar-refractivity contribution in [3.63, 3.8) is 0 Å². The first-order valence-electron chi connectivity index (χ1n) is 8.78. The Kier molecular flexibility index (Phi) is 6.02. The lowest BCUT2D eigenvalue weighted by atomic mass is 10.1. The Balaban J connectivity index is 1.66. The van der Waals surface area contributed by atoms with Crippen LogP contribution in [0.25, 0.3) is 0 Å². The van der Waals surface area contributed by atoms with Gasteiger partial charge in [0.15, 0.2) is 4.90 Å². The largest absolute Gasteiger partial charge is 0.325 e. The molecule has 0 aliphatic carbocycles. The minimum Gasteiger partial charge on any atom is -0.313 e. The Morgan fingerprint density at radius 2 is 1.55 bits per heavy atom. The van der Waals surface area contributed by atoms with Crippen molar-refractivity contribution in [3.05, 3.63) is 92.3 Å². The first-order valence-corrected chi connectivity index (χ1v) is 10.3. The minimum absolute atomic E-state index is 0.0751. The maximum absolute atomic E-state index is 12.3. The van der Waals surface area contributed by atoms with Crippen LogP contribution in [-0.4, -0.2) is 30.2 Å². The van der Waals surface area contributed by atoms with E-state index in [0.29, 0.717) is 5.56 Å². The number of rotatable bonds is 5. The van der Waals surface area contributed by atoms with Gasteiger partial charge in [0, 0.05) is 23.0 Å². The number of hydrazine groups is 1. The van der Waals surface area contributed by atoms with E-state index in [9.17, 15) is 27.6 Å². The van der Waals surface area contributed by atoms with E-state index in [1.165, 1.54) is 24.3 Å². The molecule has 0 unspecified atom stereocenters. The van der Waals surface area contributed by atoms with Gasteiger partial charge in [-0.15, -0.1) is 0 Å². The maximum atomic E-state index is 12.3. The van der Waals surface area contributed by atoms with Crippen molar-refractivity contribution < 1.29 is 18.0 Å². The van der Waals surface area contributed by atoms with Crippen molar-refractivity contribution >= 4 is 27.5 Å². The van der Waals surface area contributed by atoms with Gasteiger partial charge in [0.2, 0.25) is 0 Å². The molecule has 0 fully saturated rings. The molecular weight excluding hydrogens is 426 g/mol. The lowest BCUT2D eigenvalue weighted by molar-refractivity contribution is 0.0846. The minimum atomic E-state index is -4.27. The Morgan fingerprint density at radius 3 is 2.19 bits per heavy atom. The zero-order valence-corrected chi connectivity index (χ0v) is 16.9. The Bertz CT molecular complexity index is 1360. The number of anilines is 1. The fraction of sp³-hybridized carbons (Fsp3) is 0.0526. The molecule has 1 heterocycles. The van der Waals surface area contributed by atoms with Gasteiger partial charge in [0.25, 0.3) is 27.4 Å². The number of benzene rings is 2. The highest BCUT2D eigenvalue weighted by molar-refractivity contribution is 7.92. The number of aryl methyl sites for hydroxylation is 1. The van der Waals surface area contributed by atoms with Gasteiger partial charge in [0.05, 0.1) is 0 Å². The molecular formula is C19H17N5O6S. The summed E-state index contributed by atoms with van der Waals surface area (Å²) in [5, 5.41) is 0. The zero-order chi connectivity index (χ0) is 22.6. The first-order chi connectivity index (χ1) is 14.7. The van der Waals surface area contributed by atoms with E-state index in [-0.39, 0.29) is 11.3 Å². The van der Waals surface area contributed by atoms with Crippen molar-refractivity contribution in [3.8, 4) is 0 Å². The molecule has 160 valence electrons. The summed E-state index contributed by atoms with van der Waals surface area (Å²) >= 11 is 0. The highest BCUT2D eigenvalue weighted by Crippen LogP contribution is 2.14. The van der Waals surface area contributed by atoms with Crippen LogP contribution in [0.5, 0.6) is 0 Å². The summed E-state index contributed by atoms with van der Waals surface area (Å²) in [6.45, 7) is 1.76. The molecule has 0 spiro atoms. The SMILES string of the molecule is Cc1ccccc1C(=O)NNC(=O)c1ccc(NS(=O)(=O)c2c[nH]c(=O)[nH]c2=O)cc1. The second-order valence-corrected chi connectivity index (χ2v) is 7.99. The molecule has 11 nitrogen and oxygen atoms in total. The average Bonchev–Trinajstić information content (AvgIpc) is 2.72.